The average molecular weight is 260 g/mol. The summed E-state index contributed by atoms with van der Waals surface area (Å²) in [5.41, 5.74) is 0. The second-order valence-electron chi connectivity index (χ2n) is 5.29. The van der Waals surface area contributed by atoms with Gasteiger partial charge < -0.3 is 5.32 Å². The molecule has 5 heteroatoms. The summed E-state index contributed by atoms with van der Waals surface area (Å²) in [6, 6.07) is 0.673. The normalized spacial score (nSPS) is 21.1. The van der Waals surface area contributed by atoms with Crippen molar-refractivity contribution >= 4 is 10.0 Å². The van der Waals surface area contributed by atoms with Gasteiger partial charge in [-0.2, -0.15) is 0 Å². The number of hydrogen-bond acceptors (Lipinski definition) is 3. The van der Waals surface area contributed by atoms with Crippen LogP contribution in [-0.4, -0.2) is 44.2 Å². The molecule has 0 atom stereocenters. The van der Waals surface area contributed by atoms with E-state index in [0.717, 1.165) is 19.5 Å². The Morgan fingerprint density at radius 1 is 1.24 bits per heavy atom. The van der Waals surface area contributed by atoms with Crippen molar-refractivity contribution in [2.75, 3.05) is 25.4 Å². The van der Waals surface area contributed by atoms with Gasteiger partial charge in [0.25, 0.3) is 0 Å². The maximum absolute atomic E-state index is 12.1. The van der Waals surface area contributed by atoms with Crippen LogP contribution in [0, 0.1) is 5.92 Å². The lowest BCUT2D eigenvalue weighted by Crippen LogP contribution is -2.35. The molecule has 2 saturated carbocycles. The number of sulfonamides is 1. The first-order chi connectivity index (χ1) is 8.12. The minimum Gasteiger partial charge on any atom is -0.314 e. The van der Waals surface area contributed by atoms with Crippen LogP contribution < -0.4 is 5.32 Å². The van der Waals surface area contributed by atoms with E-state index < -0.39 is 10.0 Å². The van der Waals surface area contributed by atoms with Crippen LogP contribution in [0.4, 0.5) is 0 Å². The van der Waals surface area contributed by atoms with E-state index in [4.69, 9.17) is 0 Å². The zero-order valence-corrected chi connectivity index (χ0v) is 11.5. The van der Waals surface area contributed by atoms with Crippen molar-refractivity contribution in [3.05, 3.63) is 0 Å². The topological polar surface area (TPSA) is 49.4 Å². The molecule has 0 saturated heterocycles. The molecule has 17 heavy (non-hydrogen) atoms. The van der Waals surface area contributed by atoms with Gasteiger partial charge in [-0.1, -0.05) is 6.92 Å². The fourth-order valence-electron chi connectivity index (χ4n) is 2.01. The standard InChI is InChI=1S/C12H24N2O2S/c1-2-14(10-11-4-5-11)17(15,16)9-3-8-13-12-6-7-12/h11-13H,2-10H2,1H3. The highest BCUT2D eigenvalue weighted by Crippen LogP contribution is 2.30. The summed E-state index contributed by atoms with van der Waals surface area (Å²) < 4.78 is 25.8. The molecule has 2 aliphatic rings. The average Bonchev–Trinajstić information content (AvgIpc) is 3.14. The summed E-state index contributed by atoms with van der Waals surface area (Å²) in [5, 5.41) is 3.36. The van der Waals surface area contributed by atoms with Gasteiger partial charge in [-0.15, -0.1) is 0 Å². The fraction of sp³-hybridized carbons (Fsp3) is 1.00. The quantitative estimate of drug-likeness (QED) is 0.634. The van der Waals surface area contributed by atoms with Gasteiger partial charge in [0.2, 0.25) is 10.0 Å². The van der Waals surface area contributed by atoms with Crippen LogP contribution in [0.3, 0.4) is 0 Å². The van der Waals surface area contributed by atoms with Crippen molar-refractivity contribution in [3.8, 4) is 0 Å². The molecular formula is C12H24N2O2S. The Hall–Kier alpha value is -0.130. The molecule has 0 aromatic heterocycles. The summed E-state index contributed by atoms with van der Waals surface area (Å²) in [6.07, 6.45) is 5.66. The van der Waals surface area contributed by atoms with Crippen LogP contribution in [-0.2, 0) is 10.0 Å². The van der Waals surface area contributed by atoms with Crippen LogP contribution in [0.25, 0.3) is 0 Å². The summed E-state index contributed by atoms with van der Waals surface area (Å²) in [7, 11) is -3.01. The van der Waals surface area contributed by atoms with Gasteiger partial charge in [0, 0.05) is 19.1 Å². The van der Waals surface area contributed by atoms with Crippen molar-refractivity contribution < 1.29 is 8.42 Å². The van der Waals surface area contributed by atoms with Crippen molar-refractivity contribution in [2.24, 2.45) is 5.92 Å². The van der Waals surface area contributed by atoms with E-state index in [1.165, 1.54) is 25.7 Å². The van der Waals surface area contributed by atoms with Crippen molar-refractivity contribution in [3.63, 3.8) is 0 Å². The summed E-state index contributed by atoms with van der Waals surface area (Å²) in [4.78, 5) is 0. The van der Waals surface area contributed by atoms with Gasteiger partial charge in [0.05, 0.1) is 5.75 Å². The molecular weight excluding hydrogens is 236 g/mol. The van der Waals surface area contributed by atoms with Crippen molar-refractivity contribution in [1.82, 2.24) is 9.62 Å². The van der Waals surface area contributed by atoms with E-state index in [9.17, 15) is 8.42 Å². The highest BCUT2D eigenvalue weighted by Gasteiger charge is 2.29. The molecule has 0 heterocycles. The maximum Gasteiger partial charge on any atom is 0.214 e. The predicted octanol–water partition coefficient (Wildman–Crippen LogP) is 1.19. The number of rotatable bonds is 9. The third-order valence-electron chi connectivity index (χ3n) is 3.49. The lowest BCUT2D eigenvalue weighted by Gasteiger charge is -2.20. The maximum atomic E-state index is 12.1. The highest BCUT2D eigenvalue weighted by atomic mass is 32.2. The van der Waals surface area contributed by atoms with Gasteiger partial charge in [-0.25, -0.2) is 12.7 Å². The smallest absolute Gasteiger partial charge is 0.214 e. The van der Waals surface area contributed by atoms with E-state index in [-0.39, 0.29) is 0 Å². The molecule has 0 bridgehead atoms. The van der Waals surface area contributed by atoms with E-state index in [0.29, 0.717) is 24.3 Å². The number of nitrogens with one attached hydrogen (secondary N) is 1. The van der Waals surface area contributed by atoms with Gasteiger partial charge in [0.1, 0.15) is 0 Å². The Morgan fingerprint density at radius 3 is 2.47 bits per heavy atom. The molecule has 0 aromatic carbocycles. The Balaban J connectivity index is 1.69. The van der Waals surface area contributed by atoms with Crippen LogP contribution >= 0.6 is 0 Å². The van der Waals surface area contributed by atoms with E-state index >= 15 is 0 Å². The molecule has 0 unspecified atom stereocenters. The first kappa shape index (κ1) is 13.3. The van der Waals surface area contributed by atoms with Crippen LogP contribution in [0.5, 0.6) is 0 Å². The zero-order valence-electron chi connectivity index (χ0n) is 10.7. The van der Waals surface area contributed by atoms with Gasteiger partial charge in [-0.3, -0.25) is 0 Å². The van der Waals surface area contributed by atoms with Crippen LogP contribution in [0.1, 0.15) is 39.0 Å². The second-order valence-corrected chi connectivity index (χ2v) is 7.38. The molecule has 2 rings (SSSR count). The molecule has 2 fully saturated rings. The summed E-state index contributed by atoms with van der Waals surface area (Å²) in [5.74, 6) is 0.933. The van der Waals surface area contributed by atoms with Crippen LogP contribution in [0.15, 0.2) is 0 Å². The molecule has 2 aliphatic carbocycles. The van der Waals surface area contributed by atoms with E-state index in [2.05, 4.69) is 5.32 Å². The largest absolute Gasteiger partial charge is 0.314 e. The fourth-order valence-corrected chi connectivity index (χ4v) is 3.60. The Bertz CT molecular complexity index is 334. The molecule has 0 aliphatic heterocycles. The second kappa shape index (κ2) is 5.67. The minimum atomic E-state index is -3.01. The van der Waals surface area contributed by atoms with Gasteiger partial charge >= 0.3 is 0 Å². The predicted molar refractivity (Wildman–Crippen MR) is 69.4 cm³/mol. The third kappa shape index (κ3) is 4.56. The molecule has 0 aromatic rings. The Labute approximate surface area is 105 Å². The first-order valence-electron chi connectivity index (χ1n) is 6.83. The molecule has 1 N–H and O–H groups in total. The summed E-state index contributed by atoms with van der Waals surface area (Å²) >= 11 is 0. The molecule has 0 radical (unpaired) electrons. The molecule has 0 amide bonds. The molecule has 4 nitrogen and oxygen atoms in total. The SMILES string of the molecule is CCN(CC1CC1)S(=O)(=O)CCCNC1CC1. The van der Waals surface area contributed by atoms with E-state index in [1.54, 1.807) is 4.31 Å². The first-order valence-corrected chi connectivity index (χ1v) is 8.44. The Kier molecular flexibility index (Phi) is 4.44. The lowest BCUT2D eigenvalue weighted by atomic mass is 10.4. The van der Waals surface area contributed by atoms with Crippen LogP contribution in [0.2, 0.25) is 0 Å². The minimum absolute atomic E-state index is 0.299. The lowest BCUT2D eigenvalue weighted by molar-refractivity contribution is 0.411. The third-order valence-corrected chi connectivity index (χ3v) is 5.49. The summed E-state index contributed by atoms with van der Waals surface area (Å²) in [6.45, 7) is 4.14. The van der Waals surface area contributed by atoms with Crippen molar-refractivity contribution in [2.45, 2.75) is 45.1 Å². The van der Waals surface area contributed by atoms with E-state index in [1.807, 2.05) is 6.92 Å². The zero-order chi connectivity index (χ0) is 12.3. The molecule has 100 valence electrons. The number of nitrogens with zero attached hydrogens (tertiary/aromatic N) is 1. The monoisotopic (exact) mass is 260 g/mol. The number of hydrogen-bond donors (Lipinski definition) is 1. The molecule has 0 spiro atoms. The highest BCUT2D eigenvalue weighted by molar-refractivity contribution is 7.89. The van der Waals surface area contributed by atoms with Gasteiger partial charge in [-0.05, 0) is 44.6 Å². The van der Waals surface area contributed by atoms with Crippen molar-refractivity contribution in [1.29, 1.82) is 0 Å². The Morgan fingerprint density at radius 2 is 1.94 bits per heavy atom. The van der Waals surface area contributed by atoms with Gasteiger partial charge in [0.15, 0.2) is 0 Å².